The van der Waals surface area contributed by atoms with E-state index < -0.39 is 0 Å². The molecule has 86 valence electrons. The van der Waals surface area contributed by atoms with Crippen molar-refractivity contribution in [2.75, 3.05) is 19.8 Å². The fourth-order valence-corrected chi connectivity index (χ4v) is 1.43. The summed E-state index contributed by atoms with van der Waals surface area (Å²) in [7, 11) is 0. The summed E-state index contributed by atoms with van der Waals surface area (Å²) >= 11 is 0. The van der Waals surface area contributed by atoms with E-state index in [-0.39, 0.29) is 6.61 Å². The maximum Gasteiger partial charge on any atom is 0.0487 e. The third-order valence-electron chi connectivity index (χ3n) is 2.34. The van der Waals surface area contributed by atoms with Crippen molar-refractivity contribution in [1.29, 1.82) is 0 Å². The molecule has 0 spiro atoms. The predicted octanol–water partition coefficient (Wildman–Crippen LogP) is 3.14. The Labute approximate surface area is 88.7 Å². The Morgan fingerprint density at radius 3 is 2.00 bits per heavy atom. The highest BCUT2D eigenvalue weighted by molar-refractivity contribution is 4.44. The van der Waals surface area contributed by atoms with Crippen molar-refractivity contribution in [3.63, 3.8) is 0 Å². The molecule has 0 atom stereocenters. The van der Waals surface area contributed by atoms with Gasteiger partial charge in [-0.15, -0.1) is 0 Å². The summed E-state index contributed by atoms with van der Waals surface area (Å²) in [4.78, 5) is 0. The van der Waals surface area contributed by atoms with Gasteiger partial charge in [-0.3, -0.25) is 0 Å². The molecule has 0 aliphatic rings. The van der Waals surface area contributed by atoms with E-state index >= 15 is 0 Å². The lowest BCUT2D eigenvalue weighted by atomic mass is 10.1. The number of hydrogen-bond acceptors (Lipinski definition) is 2. The molecule has 0 aromatic carbocycles. The van der Waals surface area contributed by atoms with Crippen molar-refractivity contribution in [1.82, 2.24) is 0 Å². The first-order valence-corrected chi connectivity index (χ1v) is 6.10. The Kier molecular flexibility index (Phi) is 12.8. The van der Waals surface area contributed by atoms with E-state index in [1.54, 1.807) is 0 Å². The van der Waals surface area contributed by atoms with E-state index in [2.05, 4.69) is 6.92 Å². The molecule has 14 heavy (non-hydrogen) atoms. The van der Waals surface area contributed by atoms with Crippen LogP contribution in [0, 0.1) is 0 Å². The lowest BCUT2D eigenvalue weighted by Crippen LogP contribution is -1.98. The zero-order valence-electron chi connectivity index (χ0n) is 9.63. The number of aliphatic hydroxyl groups excluding tert-OH is 1. The number of hydrogen-bond donors (Lipinski definition) is 1. The molecule has 0 aliphatic carbocycles. The molecule has 0 aromatic rings. The van der Waals surface area contributed by atoms with Gasteiger partial charge in [0.2, 0.25) is 0 Å². The van der Waals surface area contributed by atoms with E-state index in [1.807, 2.05) is 0 Å². The van der Waals surface area contributed by atoms with Gasteiger partial charge in [0.05, 0.1) is 0 Å². The van der Waals surface area contributed by atoms with E-state index in [1.165, 1.54) is 44.9 Å². The minimum Gasteiger partial charge on any atom is -0.396 e. The van der Waals surface area contributed by atoms with Crippen LogP contribution in [0.2, 0.25) is 0 Å². The van der Waals surface area contributed by atoms with Crippen molar-refractivity contribution < 1.29 is 9.84 Å². The van der Waals surface area contributed by atoms with Crippen molar-refractivity contribution in [3.05, 3.63) is 0 Å². The summed E-state index contributed by atoms with van der Waals surface area (Å²) in [5.74, 6) is 0. The molecule has 0 amide bonds. The van der Waals surface area contributed by atoms with E-state index in [4.69, 9.17) is 9.84 Å². The number of ether oxygens (including phenoxy) is 1. The summed E-state index contributed by atoms with van der Waals surface area (Å²) < 4.78 is 5.34. The van der Waals surface area contributed by atoms with Crippen LogP contribution in [-0.4, -0.2) is 24.9 Å². The van der Waals surface area contributed by atoms with Crippen molar-refractivity contribution >= 4 is 0 Å². The summed E-state index contributed by atoms with van der Waals surface area (Å²) in [5, 5.41) is 8.51. The molecule has 1 N–H and O–H groups in total. The van der Waals surface area contributed by atoms with Gasteiger partial charge in [0.1, 0.15) is 0 Å². The molecular weight excluding hydrogens is 176 g/mol. The topological polar surface area (TPSA) is 29.5 Å². The molecule has 0 fully saturated rings. The van der Waals surface area contributed by atoms with E-state index in [0.29, 0.717) is 6.61 Å². The average Bonchev–Trinajstić information content (AvgIpc) is 2.21. The molecule has 0 heterocycles. The van der Waals surface area contributed by atoms with Gasteiger partial charge in [-0.2, -0.15) is 0 Å². The predicted molar refractivity (Wildman–Crippen MR) is 60.5 cm³/mol. The standard InChI is InChI=1S/C12H26O2/c1-2-3-4-5-6-7-8-11-14-12-9-10-13/h13H,2-12H2,1H3. The molecule has 0 aliphatic heterocycles. The Morgan fingerprint density at radius 1 is 0.786 bits per heavy atom. The van der Waals surface area contributed by atoms with Crippen LogP contribution < -0.4 is 0 Å². The molecule has 0 radical (unpaired) electrons. The second-order valence-corrected chi connectivity index (χ2v) is 3.81. The van der Waals surface area contributed by atoms with Gasteiger partial charge < -0.3 is 9.84 Å². The van der Waals surface area contributed by atoms with Crippen LogP contribution in [0.1, 0.15) is 58.3 Å². The van der Waals surface area contributed by atoms with Gasteiger partial charge in [0.15, 0.2) is 0 Å². The van der Waals surface area contributed by atoms with E-state index in [0.717, 1.165) is 13.0 Å². The maximum absolute atomic E-state index is 8.51. The van der Waals surface area contributed by atoms with Crippen LogP contribution >= 0.6 is 0 Å². The first-order valence-electron chi connectivity index (χ1n) is 6.10. The SMILES string of the molecule is CCCCCCCCCOCCCO. The van der Waals surface area contributed by atoms with Crippen LogP contribution in [0.25, 0.3) is 0 Å². The summed E-state index contributed by atoms with van der Waals surface area (Å²) in [5.41, 5.74) is 0. The van der Waals surface area contributed by atoms with Crippen molar-refractivity contribution in [2.45, 2.75) is 58.3 Å². The molecule has 0 saturated carbocycles. The molecular formula is C12H26O2. The molecule has 0 unspecified atom stereocenters. The molecule has 0 bridgehead atoms. The third-order valence-corrected chi connectivity index (χ3v) is 2.34. The monoisotopic (exact) mass is 202 g/mol. The Bertz CT molecular complexity index is 82.3. The number of rotatable bonds is 11. The fourth-order valence-electron chi connectivity index (χ4n) is 1.43. The second kappa shape index (κ2) is 12.9. The molecule has 2 heteroatoms. The van der Waals surface area contributed by atoms with Crippen LogP contribution in [0.5, 0.6) is 0 Å². The lowest BCUT2D eigenvalue weighted by molar-refractivity contribution is 0.112. The summed E-state index contributed by atoms with van der Waals surface area (Å²) in [6.07, 6.45) is 10.1. The van der Waals surface area contributed by atoms with Gasteiger partial charge in [-0.05, 0) is 12.8 Å². The summed E-state index contributed by atoms with van der Waals surface area (Å²) in [6.45, 7) is 4.08. The quantitative estimate of drug-likeness (QED) is 0.522. The van der Waals surface area contributed by atoms with Gasteiger partial charge in [-0.25, -0.2) is 0 Å². The Morgan fingerprint density at radius 2 is 1.36 bits per heavy atom. The number of unbranched alkanes of at least 4 members (excludes halogenated alkanes) is 6. The Hall–Kier alpha value is -0.0800. The Balaban J connectivity index is 2.78. The zero-order valence-corrected chi connectivity index (χ0v) is 9.63. The van der Waals surface area contributed by atoms with Gasteiger partial charge >= 0.3 is 0 Å². The van der Waals surface area contributed by atoms with Crippen LogP contribution in [-0.2, 0) is 4.74 Å². The van der Waals surface area contributed by atoms with Crippen LogP contribution in [0.4, 0.5) is 0 Å². The highest BCUT2D eigenvalue weighted by atomic mass is 16.5. The molecule has 0 rings (SSSR count). The van der Waals surface area contributed by atoms with Gasteiger partial charge in [0, 0.05) is 19.8 Å². The third kappa shape index (κ3) is 11.9. The number of aliphatic hydroxyl groups is 1. The normalized spacial score (nSPS) is 10.7. The van der Waals surface area contributed by atoms with Crippen LogP contribution in [0.15, 0.2) is 0 Å². The summed E-state index contributed by atoms with van der Waals surface area (Å²) in [6, 6.07) is 0. The lowest BCUT2D eigenvalue weighted by Gasteiger charge is -2.03. The minimum absolute atomic E-state index is 0.247. The van der Waals surface area contributed by atoms with E-state index in [9.17, 15) is 0 Å². The minimum atomic E-state index is 0.247. The van der Waals surface area contributed by atoms with Crippen molar-refractivity contribution in [2.24, 2.45) is 0 Å². The van der Waals surface area contributed by atoms with Gasteiger partial charge in [0.25, 0.3) is 0 Å². The van der Waals surface area contributed by atoms with Crippen molar-refractivity contribution in [3.8, 4) is 0 Å². The zero-order chi connectivity index (χ0) is 10.5. The highest BCUT2D eigenvalue weighted by Crippen LogP contribution is 2.06. The largest absolute Gasteiger partial charge is 0.396 e. The first kappa shape index (κ1) is 13.9. The maximum atomic E-state index is 8.51. The smallest absolute Gasteiger partial charge is 0.0487 e. The average molecular weight is 202 g/mol. The second-order valence-electron chi connectivity index (χ2n) is 3.81. The van der Waals surface area contributed by atoms with Gasteiger partial charge in [-0.1, -0.05) is 45.4 Å². The first-order chi connectivity index (χ1) is 6.91. The molecule has 0 aromatic heterocycles. The van der Waals surface area contributed by atoms with Crippen LogP contribution in [0.3, 0.4) is 0 Å². The highest BCUT2D eigenvalue weighted by Gasteiger charge is 1.91. The molecule has 0 saturated heterocycles. The fraction of sp³-hybridized carbons (Fsp3) is 1.00. The molecule has 2 nitrogen and oxygen atoms in total.